The summed E-state index contributed by atoms with van der Waals surface area (Å²) in [6, 6.07) is 5.47. The Balaban J connectivity index is 2.15. The normalized spacial score (nSPS) is 18.2. The number of methoxy groups -OCH3 is 1. The van der Waals surface area contributed by atoms with Gasteiger partial charge in [-0.1, -0.05) is 0 Å². The molecule has 1 aliphatic heterocycles. The van der Waals surface area contributed by atoms with E-state index in [1.807, 2.05) is 19.1 Å². The molecule has 4 nitrogen and oxygen atoms in total. The highest BCUT2D eigenvalue weighted by Gasteiger charge is 2.36. The molecular weight excluding hydrogens is 230 g/mol. The van der Waals surface area contributed by atoms with Crippen molar-refractivity contribution in [3.8, 4) is 5.75 Å². The van der Waals surface area contributed by atoms with Gasteiger partial charge in [-0.05, 0) is 32.0 Å². The van der Waals surface area contributed by atoms with Crippen molar-refractivity contribution < 1.29 is 14.6 Å². The highest BCUT2D eigenvalue weighted by atomic mass is 16.5. The minimum Gasteiger partial charge on any atom is -0.496 e. The van der Waals surface area contributed by atoms with Crippen molar-refractivity contribution in [3.63, 3.8) is 0 Å². The van der Waals surface area contributed by atoms with E-state index in [0.29, 0.717) is 25.2 Å². The van der Waals surface area contributed by atoms with E-state index >= 15 is 0 Å². The number of rotatable bonds is 4. The number of nitrogens with zero attached hydrogens (tertiary/aromatic N) is 1. The lowest BCUT2D eigenvalue weighted by molar-refractivity contribution is -0.0873. The third-order valence-corrected chi connectivity index (χ3v) is 3.21. The maximum Gasteiger partial charge on any atom is 0.159 e. The molecule has 0 aliphatic carbocycles. The van der Waals surface area contributed by atoms with E-state index in [-0.39, 0.29) is 5.78 Å². The summed E-state index contributed by atoms with van der Waals surface area (Å²) in [5.41, 5.74) is 1.10. The van der Waals surface area contributed by atoms with E-state index in [0.717, 1.165) is 11.3 Å². The van der Waals surface area contributed by atoms with Crippen LogP contribution in [0.4, 0.5) is 0 Å². The van der Waals surface area contributed by atoms with Gasteiger partial charge in [0, 0.05) is 30.8 Å². The second-order valence-electron chi connectivity index (χ2n) is 5.22. The third kappa shape index (κ3) is 2.71. The molecule has 0 amide bonds. The number of hydrogen-bond acceptors (Lipinski definition) is 4. The first-order valence-corrected chi connectivity index (χ1v) is 6.04. The Morgan fingerprint density at radius 1 is 1.50 bits per heavy atom. The molecular formula is C14H19NO3. The minimum absolute atomic E-state index is 0.0505. The molecule has 1 fully saturated rings. The van der Waals surface area contributed by atoms with Gasteiger partial charge in [-0.25, -0.2) is 0 Å². The van der Waals surface area contributed by atoms with Crippen LogP contribution in [0.15, 0.2) is 18.2 Å². The fourth-order valence-electron chi connectivity index (χ4n) is 2.39. The number of ketones is 1. The largest absolute Gasteiger partial charge is 0.496 e. The molecule has 1 aliphatic rings. The molecule has 2 rings (SSSR count). The second kappa shape index (κ2) is 4.71. The number of β-amino-alcohol motifs (C(OH)–C–C–N with tert-alkyl or cyclic N) is 1. The van der Waals surface area contributed by atoms with Gasteiger partial charge in [0.25, 0.3) is 0 Å². The molecule has 18 heavy (non-hydrogen) atoms. The molecule has 0 atom stereocenters. The number of Topliss-reactive ketones (excluding diaryl/α,β-unsaturated/α-hetero) is 1. The Morgan fingerprint density at radius 2 is 2.17 bits per heavy atom. The average Bonchev–Trinajstić information content (AvgIpc) is 2.26. The summed E-state index contributed by atoms with van der Waals surface area (Å²) in [5, 5.41) is 9.70. The molecule has 1 heterocycles. The number of carbonyl (C=O) groups is 1. The predicted octanol–water partition coefficient (Wildman–Crippen LogP) is 1.46. The molecule has 0 radical (unpaired) electrons. The Morgan fingerprint density at radius 3 is 2.67 bits per heavy atom. The van der Waals surface area contributed by atoms with E-state index in [1.165, 1.54) is 0 Å². The van der Waals surface area contributed by atoms with E-state index < -0.39 is 5.60 Å². The van der Waals surface area contributed by atoms with Crippen LogP contribution in [0.2, 0.25) is 0 Å². The van der Waals surface area contributed by atoms with Crippen LogP contribution in [0.1, 0.15) is 29.8 Å². The maximum absolute atomic E-state index is 11.4. The highest BCUT2D eigenvalue weighted by Crippen LogP contribution is 2.27. The van der Waals surface area contributed by atoms with Gasteiger partial charge in [0.15, 0.2) is 5.78 Å². The predicted molar refractivity (Wildman–Crippen MR) is 68.9 cm³/mol. The Kier molecular flexibility index (Phi) is 3.41. The van der Waals surface area contributed by atoms with Gasteiger partial charge in [-0.15, -0.1) is 0 Å². The van der Waals surface area contributed by atoms with Crippen molar-refractivity contribution in [2.75, 3.05) is 20.2 Å². The first-order valence-electron chi connectivity index (χ1n) is 6.04. The summed E-state index contributed by atoms with van der Waals surface area (Å²) in [7, 11) is 1.62. The van der Waals surface area contributed by atoms with Crippen molar-refractivity contribution in [2.45, 2.75) is 26.0 Å². The number of ether oxygens (including phenoxy) is 1. The molecule has 0 unspecified atom stereocenters. The smallest absolute Gasteiger partial charge is 0.159 e. The zero-order chi connectivity index (χ0) is 13.3. The van der Waals surface area contributed by atoms with Gasteiger partial charge in [-0.2, -0.15) is 0 Å². The Labute approximate surface area is 107 Å². The summed E-state index contributed by atoms with van der Waals surface area (Å²) < 4.78 is 5.30. The van der Waals surface area contributed by atoms with Crippen molar-refractivity contribution in [2.24, 2.45) is 0 Å². The van der Waals surface area contributed by atoms with Gasteiger partial charge in [0.1, 0.15) is 5.75 Å². The van der Waals surface area contributed by atoms with Gasteiger partial charge in [0.05, 0.1) is 12.7 Å². The fourth-order valence-corrected chi connectivity index (χ4v) is 2.39. The Hall–Kier alpha value is -1.39. The molecule has 4 heteroatoms. The van der Waals surface area contributed by atoms with Gasteiger partial charge in [0.2, 0.25) is 0 Å². The number of aliphatic hydroxyl groups is 1. The third-order valence-electron chi connectivity index (χ3n) is 3.21. The first-order chi connectivity index (χ1) is 8.41. The van der Waals surface area contributed by atoms with Crippen LogP contribution in [0.25, 0.3) is 0 Å². The van der Waals surface area contributed by atoms with Crippen LogP contribution >= 0.6 is 0 Å². The molecule has 0 spiro atoms. The lowest BCUT2D eigenvalue weighted by Crippen LogP contribution is -2.59. The van der Waals surface area contributed by atoms with Crippen LogP contribution in [0, 0.1) is 0 Å². The van der Waals surface area contributed by atoms with Crippen molar-refractivity contribution in [1.82, 2.24) is 4.90 Å². The summed E-state index contributed by atoms with van der Waals surface area (Å²) in [6.07, 6.45) is 0. The van der Waals surface area contributed by atoms with Gasteiger partial charge >= 0.3 is 0 Å². The van der Waals surface area contributed by atoms with E-state index in [4.69, 9.17) is 4.74 Å². The first kappa shape index (κ1) is 13.1. The number of likely N-dealkylation sites (tertiary alicyclic amines) is 1. The average molecular weight is 249 g/mol. The van der Waals surface area contributed by atoms with Crippen molar-refractivity contribution in [3.05, 3.63) is 29.3 Å². The van der Waals surface area contributed by atoms with Gasteiger partial charge in [-0.3, -0.25) is 9.69 Å². The minimum atomic E-state index is -0.578. The van der Waals surface area contributed by atoms with E-state index in [9.17, 15) is 9.90 Å². The molecule has 1 N–H and O–H groups in total. The SMILES string of the molecule is COc1ccc(C(C)=O)cc1CN1CC(C)(O)C1. The zero-order valence-electron chi connectivity index (χ0n) is 11.1. The van der Waals surface area contributed by atoms with Crippen LogP contribution in [0.3, 0.4) is 0 Å². The number of benzene rings is 1. The molecule has 1 saturated heterocycles. The standard InChI is InChI=1S/C14H19NO3/c1-10(16)11-4-5-13(18-3)12(6-11)7-15-8-14(2,17)9-15/h4-6,17H,7-9H2,1-3H3. The number of hydrogen-bond donors (Lipinski definition) is 1. The molecule has 98 valence electrons. The van der Waals surface area contributed by atoms with Crippen molar-refractivity contribution >= 4 is 5.78 Å². The maximum atomic E-state index is 11.4. The molecule has 1 aromatic carbocycles. The van der Waals surface area contributed by atoms with E-state index in [1.54, 1.807) is 20.1 Å². The fraction of sp³-hybridized carbons (Fsp3) is 0.500. The van der Waals surface area contributed by atoms with Crippen LogP contribution < -0.4 is 4.74 Å². The molecule has 0 bridgehead atoms. The summed E-state index contributed by atoms with van der Waals surface area (Å²) in [5.74, 6) is 0.834. The van der Waals surface area contributed by atoms with Crippen molar-refractivity contribution in [1.29, 1.82) is 0 Å². The highest BCUT2D eigenvalue weighted by molar-refractivity contribution is 5.94. The van der Waals surface area contributed by atoms with Crippen LogP contribution in [-0.4, -0.2) is 41.6 Å². The van der Waals surface area contributed by atoms with Crippen LogP contribution in [-0.2, 0) is 6.54 Å². The second-order valence-corrected chi connectivity index (χ2v) is 5.22. The van der Waals surface area contributed by atoms with Gasteiger partial charge < -0.3 is 9.84 Å². The molecule has 0 saturated carbocycles. The Bertz CT molecular complexity index is 460. The van der Waals surface area contributed by atoms with Crippen LogP contribution in [0.5, 0.6) is 5.75 Å². The van der Waals surface area contributed by atoms with E-state index in [2.05, 4.69) is 4.90 Å². The summed E-state index contributed by atoms with van der Waals surface area (Å²) >= 11 is 0. The number of carbonyl (C=O) groups excluding carboxylic acids is 1. The summed E-state index contributed by atoms with van der Waals surface area (Å²) in [6.45, 7) is 5.38. The lowest BCUT2D eigenvalue weighted by Gasteiger charge is -2.44. The lowest BCUT2D eigenvalue weighted by atomic mass is 9.95. The molecule has 1 aromatic rings. The topological polar surface area (TPSA) is 49.8 Å². The monoisotopic (exact) mass is 249 g/mol. The summed E-state index contributed by atoms with van der Waals surface area (Å²) in [4.78, 5) is 13.5. The molecule has 0 aromatic heterocycles. The zero-order valence-corrected chi connectivity index (χ0v) is 11.1. The quantitative estimate of drug-likeness (QED) is 0.821.